The van der Waals surface area contributed by atoms with E-state index >= 15 is 0 Å². The fourth-order valence-electron chi connectivity index (χ4n) is 1.85. The van der Waals surface area contributed by atoms with E-state index in [1.165, 1.54) is 18.2 Å². The lowest BCUT2D eigenvalue weighted by Gasteiger charge is -2.13. The van der Waals surface area contributed by atoms with Crippen LogP contribution in [-0.4, -0.2) is 27.3 Å². The lowest BCUT2D eigenvalue weighted by molar-refractivity contribution is 0.500. The second-order valence-corrected chi connectivity index (χ2v) is 6.42. The number of nitrogens with one attached hydrogen (secondary N) is 1. The minimum Gasteiger partial charge on any atom is -0.317 e. The third kappa shape index (κ3) is 4.38. The maximum atomic E-state index is 13.0. The lowest BCUT2D eigenvalue weighted by Crippen LogP contribution is -2.24. The third-order valence-electron chi connectivity index (χ3n) is 3.02. The number of benzene rings is 1. The van der Waals surface area contributed by atoms with Crippen molar-refractivity contribution in [3.63, 3.8) is 0 Å². The average molecular weight is 273 g/mol. The van der Waals surface area contributed by atoms with Gasteiger partial charge in [-0.3, -0.25) is 0 Å². The van der Waals surface area contributed by atoms with Crippen molar-refractivity contribution in [2.24, 2.45) is 0 Å². The SMILES string of the molecule is CCC(CCCS(=O)(=O)c1cccc(F)c1)NC. The van der Waals surface area contributed by atoms with Gasteiger partial charge in [0.15, 0.2) is 9.84 Å². The Hall–Kier alpha value is -0.940. The van der Waals surface area contributed by atoms with Gasteiger partial charge >= 0.3 is 0 Å². The van der Waals surface area contributed by atoms with Crippen LogP contribution in [0.15, 0.2) is 29.2 Å². The molecule has 5 heteroatoms. The predicted molar refractivity (Wildman–Crippen MR) is 70.8 cm³/mol. The first-order chi connectivity index (χ1) is 8.49. The standard InChI is InChI=1S/C13H20FNO2S/c1-3-12(15-2)7-5-9-18(16,17)13-8-4-6-11(14)10-13/h4,6,8,10,12,15H,3,5,7,9H2,1-2H3. The van der Waals surface area contributed by atoms with E-state index in [-0.39, 0.29) is 10.6 Å². The summed E-state index contributed by atoms with van der Waals surface area (Å²) in [7, 11) is -1.49. The molecule has 1 rings (SSSR count). The van der Waals surface area contributed by atoms with Gasteiger partial charge in [0.1, 0.15) is 5.82 Å². The predicted octanol–water partition coefficient (Wildman–Crippen LogP) is 2.38. The zero-order valence-corrected chi connectivity index (χ0v) is 11.6. The van der Waals surface area contributed by atoms with E-state index in [4.69, 9.17) is 0 Å². The summed E-state index contributed by atoms with van der Waals surface area (Å²) in [6, 6.07) is 5.52. The van der Waals surface area contributed by atoms with Gasteiger partial charge in [0, 0.05) is 6.04 Å². The zero-order chi connectivity index (χ0) is 13.6. The number of hydrogen-bond acceptors (Lipinski definition) is 3. The summed E-state index contributed by atoms with van der Waals surface area (Å²) in [6.45, 7) is 2.06. The molecular formula is C13H20FNO2S. The molecule has 0 saturated carbocycles. The average Bonchev–Trinajstić information content (AvgIpc) is 2.34. The third-order valence-corrected chi connectivity index (χ3v) is 4.82. The van der Waals surface area contributed by atoms with Crippen LogP contribution in [0, 0.1) is 5.82 Å². The Morgan fingerprint density at radius 3 is 2.67 bits per heavy atom. The summed E-state index contributed by atoms with van der Waals surface area (Å²) in [5.74, 6) is -0.452. The largest absolute Gasteiger partial charge is 0.317 e. The molecule has 0 spiro atoms. The van der Waals surface area contributed by atoms with E-state index in [0.29, 0.717) is 12.5 Å². The number of halogens is 1. The van der Waals surface area contributed by atoms with E-state index in [1.807, 2.05) is 7.05 Å². The molecule has 1 aromatic rings. The van der Waals surface area contributed by atoms with E-state index in [9.17, 15) is 12.8 Å². The van der Waals surface area contributed by atoms with Gasteiger partial charge < -0.3 is 5.32 Å². The number of sulfone groups is 1. The molecule has 1 atom stereocenters. The maximum absolute atomic E-state index is 13.0. The summed E-state index contributed by atoms with van der Waals surface area (Å²) in [5, 5.41) is 3.13. The smallest absolute Gasteiger partial charge is 0.178 e. The molecule has 0 fully saturated rings. The molecule has 1 aromatic carbocycles. The highest BCUT2D eigenvalue weighted by atomic mass is 32.2. The van der Waals surface area contributed by atoms with Crippen molar-refractivity contribution in [2.75, 3.05) is 12.8 Å². The highest BCUT2D eigenvalue weighted by molar-refractivity contribution is 7.91. The van der Waals surface area contributed by atoms with Crippen LogP contribution in [0.2, 0.25) is 0 Å². The first-order valence-electron chi connectivity index (χ1n) is 6.15. The Kier molecular flexibility index (Phi) is 5.75. The van der Waals surface area contributed by atoms with Gasteiger partial charge in [-0.1, -0.05) is 13.0 Å². The molecule has 1 N–H and O–H groups in total. The molecule has 0 aliphatic carbocycles. The molecule has 102 valence electrons. The van der Waals surface area contributed by atoms with Gasteiger partial charge in [0.05, 0.1) is 10.6 Å². The highest BCUT2D eigenvalue weighted by Gasteiger charge is 2.15. The maximum Gasteiger partial charge on any atom is 0.178 e. The molecule has 1 unspecified atom stereocenters. The van der Waals surface area contributed by atoms with Crippen LogP contribution in [0.5, 0.6) is 0 Å². The summed E-state index contributed by atoms with van der Waals surface area (Å²) >= 11 is 0. The topological polar surface area (TPSA) is 46.2 Å². The number of rotatable bonds is 7. The van der Waals surface area contributed by atoms with Crippen molar-refractivity contribution in [3.8, 4) is 0 Å². The molecule has 0 heterocycles. The van der Waals surface area contributed by atoms with E-state index in [1.54, 1.807) is 0 Å². The van der Waals surface area contributed by atoms with Crippen molar-refractivity contribution in [1.82, 2.24) is 5.32 Å². The molecule has 18 heavy (non-hydrogen) atoms. The van der Waals surface area contributed by atoms with Crippen molar-refractivity contribution >= 4 is 9.84 Å². The molecule has 0 amide bonds. The Morgan fingerprint density at radius 2 is 2.11 bits per heavy atom. The molecule has 0 aromatic heterocycles. The van der Waals surface area contributed by atoms with Gasteiger partial charge in [0.25, 0.3) is 0 Å². The van der Waals surface area contributed by atoms with Crippen LogP contribution in [0.3, 0.4) is 0 Å². The molecule has 0 bridgehead atoms. The normalized spacial score (nSPS) is 13.5. The van der Waals surface area contributed by atoms with E-state index in [0.717, 1.165) is 18.9 Å². The lowest BCUT2D eigenvalue weighted by atomic mass is 10.1. The second-order valence-electron chi connectivity index (χ2n) is 4.31. The molecule has 0 radical (unpaired) electrons. The molecule has 0 aliphatic heterocycles. The quantitative estimate of drug-likeness (QED) is 0.829. The van der Waals surface area contributed by atoms with E-state index in [2.05, 4.69) is 12.2 Å². The molecule has 3 nitrogen and oxygen atoms in total. The van der Waals surface area contributed by atoms with E-state index < -0.39 is 15.7 Å². The Bertz CT molecular complexity index is 470. The van der Waals surface area contributed by atoms with Gasteiger partial charge in [-0.15, -0.1) is 0 Å². The van der Waals surface area contributed by atoms with Crippen molar-refractivity contribution in [2.45, 2.75) is 37.1 Å². The van der Waals surface area contributed by atoms with Crippen LogP contribution in [0.25, 0.3) is 0 Å². The summed E-state index contributed by atoms with van der Waals surface area (Å²) < 4.78 is 36.9. The Morgan fingerprint density at radius 1 is 1.39 bits per heavy atom. The Balaban J connectivity index is 2.60. The highest BCUT2D eigenvalue weighted by Crippen LogP contribution is 2.14. The van der Waals surface area contributed by atoms with Crippen LogP contribution in [0.1, 0.15) is 26.2 Å². The second kappa shape index (κ2) is 6.85. The number of hydrogen-bond donors (Lipinski definition) is 1. The van der Waals surface area contributed by atoms with Crippen molar-refractivity contribution < 1.29 is 12.8 Å². The fraction of sp³-hybridized carbons (Fsp3) is 0.538. The molecule has 0 aliphatic rings. The van der Waals surface area contributed by atoms with Crippen molar-refractivity contribution in [3.05, 3.63) is 30.1 Å². The van der Waals surface area contributed by atoms with Gasteiger partial charge in [-0.05, 0) is 44.5 Å². The first kappa shape index (κ1) is 15.1. The van der Waals surface area contributed by atoms with Crippen LogP contribution < -0.4 is 5.32 Å². The summed E-state index contributed by atoms with van der Waals surface area (Å²) in [5.41, 5.74) is 0. The van der Waals surface area contributed by atoms with Crippen LogP contribution in [0.4, 0.5) is 4.39 Å². The Labute approximate surface area is 108 Å². The van der Waals surface area contributed by atoms with Gasteiger partial charge in [-0.2, -0.15) is 0 Å². The van der Waals surface area contributed by atoms with Crippen LogP contribution in [-0.2, 0) is 9.84 Å². The summed E-state index contributed by atoms with van der Waals surface area (Å²) in [4.78, 5) is 0.0695. The minimum atomic E-state index is -3.36. The fourth-order valence-corrected chi connectivity index (χ4v) is 3.21. The van der Waals surface area contributed by atoms with Crippen molar-refractivity contribution in [1.29, 1.82) is 0 Å². The van der Waals surface area contributed by atoms with Gasteiger partial charge in [0.2, 0.25) is 0 Å². The monoisotopic (exact) mass is 273 g/mol. The summed E-state index contributed by atoms with van der Waals surface area (Å²) in [6.07, 6.45) is 2.36. The van der Waals surface area contributed by atoms with Gasteiger partial charge in [-0.25, -0.2) is 12.8 Å². The molecule has 0 saturated heterocycles. The zero-order valence-electron chi connectivity index (χ0n) is 10.8. The molecular weight excluding hydrogens is 253 g/mol. The first-order valence-corrected chi connectivity index (χ1v) is 7.80. The van der Waals surface area contributed by atoms with Crippen LogP contribution >= 0.6 is 0 Å². The minimum absolute atomic E-state index is 0.0641.